The molecule has 1 saturated heterocycles. The van der Waals surface area contributed by atoms with Crippen molar-refractivity contribution in [3.05, 3.63) is 65.2 Å². The van der Waals surface area contributed by atoms with Gasteiger partial charge in [0.15, 0.2) is 5.78 Å². The number of piperazine rings is 1. The Morgan fingerprint density at radius 3 is 2.32 bits per heavy atom. The molecule has 1 aliphatic rings. The fraction of sp³-hybridized carbons (Fsp3) is 0.381. The molecule has 1 fully saturated rings. The number of carbonyl (C=O) groups excluding carboxylic acids is 1. The predicted octanol–water partition coefficient (Wildman–Crippen LogP) is 2.55. The highest BCUT2D eigenvalue weighted by Gasteiger charge is 2.27. The number of benzene rings is 2. The molecule has 1 aliphatic heterocycles. The van der Waals surface area contributed by atoms with Crippen molar-refractivity contribution in [2.75, 3.05) is 33.3 Å². The van der Waals surface area contributed by atoms with E-state index in [2.05, 4.69) is 4.90 Å². The van der Waals surface area contributed by atoms with Gasteiger partial charge in [0.2, 0.25) is 10.0 Å². The second kappa shape index (κ2) is 8.86. The molecule has 0 aliphatic carbocycles. The number of ether oxygens (including phenoxy) is 1. The summed E-state index contributed by atoms with van der Waals surface area (Å²) in [5.74, 6) is 0.785. The third-order valence-electron chi connectivity index (χ3n) is 5.00. The first kappa shape index (κ1) is 20.5. The molecule has 0 atom stereocenters. The second-order valence-corrected chi connectivity index (χ2v) is 8.97. The minimum Gasteiger partial charge on any atom is -0.496 e. The van der Waals surface area contributed by atoms with Gasteiger partial charge in [0.05, 0.1) is 12.9 Å². The van der Waals surface area contributed by atoms with E-state index < -0.39 is 10.0 Å². The van der Waals surface area contributed by atoms with E-state index in [1.54, 1.807) is 24.4 Å². The maximum absolute atomic E-state index is 12.7. The molecule has 6 nitrogen and oxygen atoms in total. The number of methoxy groups -OCH3 is 1. The maximum atomic E-state index is 12.7. The summed E-state index contributed by atoms with van der Waals surface area (Å²) in [6.07, 6.45) is 0. The highest BCUT2D eigenvalue weighted by Crippen LogP contribution is 2.23. The first-order valence-electron chi connectivity index (χ1n) is 9.31. The Kier molecular flexibility index (Phi) is 6.49. The third kappa shape index (κ3) is 4.98. The van der Waals surface area contributed by atoms with E-state index in [1.807, 2.05) is 42.5 Å². The lowest BCUT2D eigenvalue weighted by molar-refractivity contribution is 0.101. The molecule has 0 aromatic heterocycles. The molecule has 0 saturated carbocycles. The van der Waals surface area contributed by atoms with Crippen molar-refractivity contribution >= 4 is 15.8 Å². The molecule has 0 amide bonds. The lowest BCUT2D eigenvalue weighted by atomic mass is 10.1. The number of ketones is 1. The minimum atomic E-state index is -3.33. The van der Waals surface area contributed by atoms with E-state index in [1.165, 1.54) is 0 Å². The van der Waals surface area contributed by atoms with Gasteiger partial charge in [-0.25, -0.2) is 8.42 Å². The van der Waals surface area contributed by atoms with Gasteiger partial charge in [0.1, 0.15) is 5.75 Å². The van der Waals surface area contributed by atoms with Crippen LogP contribution in [0.1, 0.15) is 28.4 Å². The van der Waals surface area contributed by atoms with Crippen molar-refractivity contribution in [1.29, 1.82) is 0 Å². The predicted molar refractivity (Wildman–Crippen MR) is 109 cm³/mol. The number of hydrogen-bond donors (Lipinski definition) is 0. The standard InChI is InChI=1S/C21H26N2O4S/c1-17(24)19-8-9-21(27-2)20(14-19)15-22-10-12-23(13-11-22)28(25,26)16-18-6-4-3-5-7-18/h3-9,14H,10-13,15-16H2,1-2H3. The van der Waals surface area contributed by atoms with E-state index in [0.717, 1.165) is 16.9 Å². The molecule has 150 valence electrons. The van der Waals surface area contributed by atoms with Crippen LogP contribution in [0.4, 0.5) is 0 Å². The minimum absolute atomic E-state index is 0.0146. The SMILES string of the molecule is COc1ccc(C(C)=O)cc1CN1CCN(S(=O)(=O)Cc2ccccc2)CC1. The van der Waals surface area contributed by atoms with Crippen LogP contribution in [0.5, 0.6) is 5.75 Å². The van der Waals surface area contributed by atoms with Crippen LogP contribution in [-0.2, 0) is 22.3 Å². The van der Waals surface area contributed by atoms with Gasteiger partial charge in [-0.05, 0) is 30.7 Å². The molecule has 0 spiro atoms. The fourth-order valence-corrected chi connectivity index (χ4v) is 4.92. The van der Waals surface area contributed by atoms with Crippen LogP contribution in [0, 0.1) is 0 Å². The summed E-state index contributed by atoms with van der Waals surface area (Å²) >= 11 is 0. The topological polar surface area (TPSA) is 66.9 Å². The van der Waals surface area contributed by atoms with E-state index >= 15 is 0 Å². The van der Waals surface area contributed by atoms with Gasteiger partial charge in [-0.3, -0.25) is 9.69 Å². The van der Waals surface area contributed by atoms with Gasteiger partial charge < -0.3 is 4.74 Å². The molecule has 0 bridgehead atoms. The lowest BCUT2D eigenvalue weighted by Gasteiger charge is -2.34. The molecule has 3 rings (SSSR count). The van der Waals surface area contributed by atoms with Gasteiger partial charge in [0, 0.05) is 43.9 Å². The van der Waals surface area contributed by atoms with Crippen LogP contribution in [0.3, 0.4) is 0 Å². The van der Waals surface area contributed by atoms with Crippen molar-refractivity contribution in [2.45, 2.75) is 19.2 Å². The molecule has 2 aromatic carbocycles. The van der Waals surface area contributed by atoms with Crippen LogP contribution in [0.2, 0.25) is 0 Å². The van der Waals surface area contributed by atoms with Gasteiger partial charge in [-0.2, -0.15) is 4.31 Å². The molecule has 28 heavy (non-hydrogen) atoms. The molecular formula is C21H26N2O4S. The molecular weight excluding hydrogens is 376 g/mol. The summed E-state index contributed by atoms with van der Waals surface area (Å²) in [5, 5.41) is 0. The third-order valence-corrected chi connectivity index (χ3v) is 6.85. The van der Waals surface area contributed by atoms with Crippen molar-refractivity contribution in [1.82, 2.24) is 9.21 Å². The van der Waals surface area contributed by atoms with Crippen molar-refractivity contribution in [2.24, 2.45) is 0 Å². The first-order valence-corrected chi connectivity index (χ1v) is 10.9. The fourth-order valence-electron chi connectivity index (χ4n) is 3.40. The average molecular weight is 403 g/mol. The smallest absolute Gasteiger partial charge is 0.218 e. The van der Waals surface area contributed by atoms with Crippen molar-refractivity contribution in [3.63, 3.8) is 0 Å². The van der Waals surface area contributed by atoms with Gasteiger partial charge in [0.25, 0.3) is 0 Å². The van der Waals surface area contributed by atoms with E-state index in [9.17, 15) is 13.2 Å². The van der Waals surface area contributed by atoms with E-state index in [0.29, 0.717) is 38.3 Å². The van der Waals surface area contributed by atoms with Crippen molar-refractivity contribution in [3.8, 4) is 5.75 Å². The summed E-state index contributed by atoms with van der Waals surface area (Å²) in [6.45, 7) is 4.37. The summed E-state index contributed by atoms with van der Waals surface area (Å²) in [5.41, 5.74) is 2.39. The molecule has 1 heterocycles. The molecule has 2 aromatic rings. The van der Waals surface area contributed by atoms with Gasteiger partial charge in [-0.15, -0.1) is 0 Å². The number of hydrogen-bond acceptors (Lipinski definition) is 5. The van der Waals surface area contributed by atoms with E-state index in [4.69, 9.17) is 4.74 Å². The van der Waals surface area contributed by atoms with Crippen LogP contribution in [-0.4, -0.2) is 56.7 Å². The summed E-state index contributed by atoms with van der Waals surface area (Å²) in [4.78, 5) is 13.9. The summed E-state index contributed by atoms with van der Waals surface area (Å²) < 4.78 is 32.4. The van der Waals surface area contributed by atoms with Crippen LogP contribution < -0.4 is 4.74 Å². The zero-order valence-corrected chi connectivity index (χ0v) is 17.1. The van der Waals surface area contributed by atoms with Crippen LogP contribution in [0.15, 0.2) is 48.5 Å². The highest BCUT2D eigenvalue weighted by atomic mass is 32.2. The Bertz CT molecular complexity index is 921. The van der Waals surface area contributed by atoms with Gasteiger partial charge >= 0.3 is 0 Å². The largest absolute Gasteiger partial charge is 0.496 e. The molecule has 0 unspecified atom stereocenters. The Morgan fingerprint density at radius 1 is 1.04 bits per heavy atom. The zero-order chi connectivity index (χ0) is 20.1. The summed E-state index contributed by atoms with van der Waals surface area (Å²) in [7, 11) is -1.71. The van der Waals surface area contributed by atoms with Crippen molar-refractivity contribution < 1.29 is 17.9 Å². The Balaban J connectivity index is 1.63. The summed E-state index contributed by atoms with van der Waals surface area (Å²) in [6, 6.07) is 14.7. The normalized spacial score (nSPS) is 16.1. The second-order valence-electron chi connectivity index (χ2n) is 7.00. The monoisotopic (exact) mass is 402 g/mol. The molecule has 0 N–H and O–H groups in total. The Labute approximate surface area is 166 Å². The highest BCUT2D eigenvalue weighted by molar-refractivity contribution is 7.88. The number of nitrogens with zero attached hydrogens (tertiary/aromatic N) is 2. The number of Topliss-reactive ketones (excluding diaryl/α,β-unsaturated/α-hetero) is 1. The first-order chi connectivity index (χ1) is 13.4. The van der Waals surface area contributed by atoms with Crippen LogP contribution >= 0.6 is 0 Å². The average Bonchev–Trinajstić information content (AvgIpc) is 2.68. The lowest BCUT2D eigenvalue weighted by Crippen LogP contribution is -2.48. The number of rotatable bonds is 7. The number of sulfonamides is 1. The van der Waals surface area contributed by atoms with E-state index in [-0.39, 0.29) is 11.5 Å². The molecule has 7 heteroatoms. The maximum Gasteiger partial charge on any atom is 0.218 e. The zero-order valence-electron chi connectivity index (χ0n) is 16.3. The van der Waals surface area contributed by atoms with Crippen LogP contribution in [0.25, 0.3) is 0 Å². The quantitative estimate of drug-likeness (QED) is 0.666. The van der Waals surface area contributed by atoms with Gasteiger partial charge in [-0.1, -0.05) is 30.3 Å². The Morgan fingerprint density at radius 2 is 1.71 bits per heavy atom. The Hall–Kier alpha value is -2.22. The number of carbonyl (C=O) groups is 1. The molecule has 0 radical (unpaired) electrons.